The van der Waals surface area contributed by atoms with E-state index in [1.807, 2.05) is 0 Å². The largest absolute Gasteiger partial charge is 0.333 e. The van der Waals surface area contributed by atoms with Gasteiger partial charge in [0.1, 0.15) is 0 Å². The summed E-state index contributed by atoms with van der Waals surface area (Å²) in [6.07, 6.45) is 5.83. The smallest absolute Gasteiger partial charge is 0.0713 e. The van der Waals surface area contributed by atoms with Gasteiger partial charge in [-0.15, -0.1) is 0 Å². The number of aromatic nitrogens is 1. The van der Waals surface area contributed by atoms with Crippen molar-refractivity contribution in [3.8, 4) is 27.9 Å². The van der Waals surface area contributed by atoms with E-state index in [2.05, 4.69) is 246 Å². The molecule has 1 aromatic heterocycles. The Morgan fingerprint density at radius 3 is 1.71 bits per heavy atom. The fourth-order valence-corrected chi connectivity index (χ4v) is 11.3. The summed E-state index contributed by atoms with van der Waals surface area (Å²) in [6.45, 7) is 0. The van der Waals surface area contributed by atoms with Crippen LogP contribution in [0.25, 0.3) is 60.9 Å². The third-order valence-corrected chi connectivity index (χ3v) is 14.0. The van der Waals surface area contributed by atoms with E-state index in [0.29, 0.717) is 0 Å². The molecule has 1 aliphatic heterocycles. The van der Waals surface area contributed by atoms with Crippen LogP contribution in [0.15, 0.2) is 237 Å². The van der Waals surface area contributed by atoms with Crippen molar-refractivity contribution in [2.75, 3.05) is 4.90 Å². The summed E-state index contributed by atoms with van der Waals surface area (Å²) in [5.41, 5.74) is 21.2. The first-order chi connectivity index (χ1) is 31.3. The van der Waals surface area contributed by atoms with Crippen molar-refractivity contribution in [1.29, 1.82) is 0 Å². The van der Waals surface area contributed by atoms with Gasteiger partial charge in [-0.1, -0.05) is 182 Å². The lowest BCUT2D eigenvalue weighted by atomic mass is 9.68. The number of anilines is 2. The maximum Gasteiger partial charge on any atom is 0.0713 e. The molecule has 2 nitrogen and oxygen atoms in total. The molecule has 0 radical (unpaired) electrons. The molecular formula is C61H42N2. The van der Waals surface area contributed by atoms with E-state index in [4.69, 9.17) is 0 Å². The number of benzene rings is 9. The van der Waals surface area contributed by atoms with Gasteiger partial charge in [-0.2, -0.15) is 0 Å². The molecule has 0 bridgehead atoms. The van der Waals surface area contributed by atoms with Gasteiger partial charge in [-0.3, -0.25) is 0 Å². The van der Waals surface area contributed by atoms with E-state index in [1.165, 1.54) is 100.0 Å². The molecule has 0 spiro atoms. The van der Waals surface area contributed by atoms with Gasteiger partial charge in [0.2, 0.25) is 0 Å². The minimum Gasteiger partial charge on any atom is -0.333 e. The van der Waals surface area contributed by atoms with Gasteiger partial charge in [0, 0.05) is 33.4 Å². The van der Waals surface area contributed by atoms with Crippen molar-refractivity contribution in [3.63, 3.8) is 0 Å². The van der Waals surface area contributed by atoms with Gasteiger partial charge in [0.25, 0.3) is 0 Å². The number of nitrogens with zero attached hydrogens (tertiary/aromatic N) is 2. The van der Waals surface area contributed by atoms with Crippen molar-refractivity contribution in [2.24, 2.45) is 0 Å². The Morgan fingerprint density at radius 1 is 0.413 bits per heavy atom. The van der Waals surface area contributed by atoms with E-state index in [1.54, 1.807) is 0 Å². The molecular weight excluding hydrogens is 761 g/mol. The van der Waals surface area contributed by atoms with Crippen LogP contribution in [0, 0.1) is 0 Å². The number of fused-ring (bicyclic) bond motifs is 9. The van der Waals surface area contributed by atoms with E-state index < -0.39 is 5.41 Å². The van der Waals surface area contributed by atoms with Gasteiger partial charge >= 0.3 is 0 Å². The summed E-state index contributed by atoms with van der Waals surface area (Å²) < 4.78 is 2.45. The summed E-state index contributed by atoms with van der Waals surface area (Å²) in [7, 11) is 0. The summed E-state index contributed by atoms with van der Waals surface area (Å²) in [5, 5.41) is 2.52. The number of rotatable bonds is 6. The molecule has 2 aliphatic carbocycles. The average molecular weight is 803 g/mol. The number of para-hydroxylation sites is 2. The van der Waals surface area contributed by atoms with E-state index in [-0.39, 0.29) is 6.04 Å². The molecule has 63 heavy (non-hydrogen) atoms. The molecule has 0 fully saturated rings. The lowest BCUT2D eigenvalue weighted by Gasteiger charge is -2.34. The molecule has 1 unspecified atom stereocenters. The van der Waals surface area contributed by atoms with E-state index in [9.17, 15) is 0 Å². The van der Waals surface area contributed by atoms with Crippen molar-refractivity contribution >= 4 is 44.3 Å². The van der Waals surface area contributed by atoms with Crippen LogP contribution in [-0.4, -0.2) is 10.6 Å². The van der Waals surface area contributed by atoms with Crippen LogP contribution in [-0.2, 0) is 5.41 Å². The first-order valence-corrected chi connectivity index (χ1v) is 22.1. The van der Waals surface area contributed by atoms with Gasteiger partial charge in [-0.05, 0) is 122 Å². The highest BCUT2D eigenvalue weighted by atomic mass is 15.2. The minimum absolute atomic E-state index is 0.245. The lowest BCUT2D eigenvalue weighted by Crippen LogP contribution is -2.28. The quantitative estimate of drug-likeness (QED) is 0.163. The summed E-state index contributed by atoms with van der Waals surface area (Å²) in [6, 6.07) is 83.2. The van der Waals surface area contributed by atoms with Crippen LogP contribution < -0.4 is 4.90 Å². The molecule has 0 saturated heterocycles. The van der Waals surface area contributed by atoms with Gasteiger partial charge in [0.05, 0.1) is 22.5 Å². The van der Waals surface area contributed by atoms with Crippen LogP contribution in [0.2, 0.25) is 0 Å². The Kier molecular flexibility index (Phi) is 7.98. The Bertz CT molecular complexity index is 3420. The highest BCUT2D eigenvalue weighted by Gasteiger charge is 2.46. The first kappa shape index (κ1) is 35.8. The topological polar surface area (TPSA) is 8.17 Å². The Hall–Kier alpha value is -7.94. The minimum atomic E-state index is -0.423. The number of hydrogen-bond acceptors (Lipinski definition) is 1. The Labute approximate surface area is 368 Å². The fourth-order valence-electron chi connectivity index (χ4n) is 11.3. The molecule has 13 rings (SSSR count). The third-order valence-electron chi connectivity index (χ3n) is 14.0. The normalized spacial score (nSPS) is 15.7. The molecule has 2 heteroatoms. The standard InChI is InChI=1S/C61H42N2/c1-3-15-41(16-4-1)42-27-33-47(34-28-42)62-57-25-13-9-21-51(57)53-39-43(29-37-59(53)62)44-30-38-60-54(40-44)52-22-10-14-26-58(52)63(60)48-35-31-46(32-36-48)61(45-17-5-2-6-18-45)55-23-11-7-19-49(55)50-20-8-12-24-56(50)61/h1-36,38-40,59H,37H2. The van der Waals surface area contributed by atoms with Crippen LogP contribution in [0.1, 0.15) is 39.8 Å². The zero-order valence-corrected chi connectivity index (χ0v) is 34.7. The summed E-state index contributed by atoms with van der Waals surface area (Å²) >= 11 is 0. The monoisotopic (exact) mass is 802 g/mol. The highest BCUT2D eigenvalue weighted by Crippen LogP contribution is 2.56. The third kappa shape index (κ3) is 5.31. The molecule has 3 aliphatic rings. The predicted molar refractivity (Wildman–Crippen MR) is 263 cm³/mol. The van der Waals surface area contributed by atoms with Crippen LogP contribution >= 0.6 is 0 Å². The molecule has 296 valence electrons. The fraction of sp³-hybridized carbons (Fsp3) is 0.0492. The van der Waals surface area contributed by atoms with Crippen molar-refractivity contribution in [3.05, 3.63) is 270 Å². The maximum absolute atomic E-state index is 2.54. The summed E-state index contributed by atoms with van der Waals surface area (Å²) in [5.74, 6) is 0. The molecule has 1 atom stereocenters. The maximum atomic E-state index is 2.54. The molecule has 9 aromatic carbocycles. The predicted octanol–water partition coefficient (Wildman–Crippen LogP) is 15.2. The van der Waals surface area contributed by atoms with Gasteiger partial charge < -0.3 is 9.47 Å². The average Bonchev–Trinajstić information content (AvgIpc) is 3.99. The van der Waals surface area contributed by atoms with Crippen LogP contribution in [0.3, 0.4) is 0 Å². The second kappa shape index (κ2) is 14.1. The summed E-state index contributed by atoms with van der Waals surface area (Å²) in [4.78, 5) is 2.54. The lowest BCUT2D eigenvalue weighted by molar-refractivity contribution is 0.768. The molecule has 0 amide bonds. The van der Waals surface area contributed by atoms with Crippen molar-refractivity contribution in [1.82, 2.24) is 4.57 Å². The van der Waals surface area contributed by atoms with Crippen LogP contribution in [0.4, 0.5) is 11.4 Å². The second-order valence-electron chi connectivity index (χ2n) is 17.1. The van der Waals surface area contributed by atoms with Crippen LogP contribution in [0.5, 0.6) is 0 Å². The SMILES string of the molecule is C1=C(c2ccc3c(c2)c2ccccc2n3-c2ccc(C3(c4ccccc4)c4ccccc4-c4ccccc43)cc2)C=C2c3ccccc3N(c3ccc(-c4ccccc4)cc3)C2C1. The van der Waals surface area contributed by atoms with Gasteiger partial charge in [-0.25, -0.2) is 0 Å². The van der Waals surface area contributed by atoms with Crippen molar-refractivity contribution < 1.29 is 0 Å². The molecule has 2 heterocycles. The first-order valence-electron chi connectivity index (χ1n) is 22.1. The zero-order valence-electron chi connectivity index (χ0n) is 34.7. The van der Waals surface area contributed by atoms with E-state index in [0.717, 1.165) is 12.1 Å². The zero-order chi connectivity index (χ0) is 41.5. The van der Waals surface area contributed by atoms with Gasteiger partial charge in [0.15, 0.2) is 0 Å². The molecule has 0 N–H and O–H groups in total. The van der Waals surface area contributed by atoms with Crippen molar-refractivity contribution in [2.45, 2.75) is 17.9 Å². The van der Waals surface area contributed by atoms with E-state index >= 15 is 0 Å². The Morgan fingerprint density at radius 2 is 0.968 bits per heavy atom. The Balaban J connectivity index is 0.882. The second-order valence-corrected chi connectivity index (χ2v) is 17.1. The molecule has 10 aromatic rings. The number of hydrogen-bond donors (Lipinski definition) is 0. The number of allylic oxidation sites excluding steroid dienone is 2. The molecule has 0 saturated carbocycles. The highest BCUT2D eigenvalue weighted by molar-refractivity contribution is 6.11.